The van der Waals surface area contributed by atoms with Crippen LogP contribution < -0.4 is 0 Å². The number of hydrogen-bond acceptors (Lipinski definition) is 4. The van der Waals surface area contributed by atoms with Gasteiger partial charge in [-0.05, 0) is 59.0 Å². The molecule has 0 bridgehead atoms. The molecule has 3 saturated heterocycles. The largest absolute Gasteiger partial charge is 0.376 e. The highest BCUT2D eigenvalue weighted by molar-refractivity contribution is 5.81. The number of rotatable bonds is 5. The third kappa shape index (κ3) is 3.47. The van der Waals surface area contributed by atoms with Gasteiger partial charge in [-0.15, -0.1) is 0 Å². The van der Waals surface area contributed by atoms with Gasteiger partial charge in [0.05, 0.1) is 12.7 Å². The first-order valence-corrected chi connectivity index (χ1v) is 8.90. The number of carbonyl (C=O) groups excluding carboxylic acids is 1. The second-order valence-corrected chi connectivity index (χ2v) is 7.04. The molecule has 1 amide bonds. The third-order valence-corrected chi connectivity index (χ3v) is 5.51. The van der Waals surface area contributed by atoms with E-state index >= 15 is 0 Å². The lowest BCUT2D eigenvalue weighted by Crippen LogP contribution is -2.50. The second kappa shape index (κ2) is 7.28. The first kappa shape index (κ1) is 16.2. The SMILES string of the molecule is C[C@H](OC[C@@H]1CCCO1)C(=O)N1CCC[C@H]1[C@@H]1CCCN1C. The number of likely N-dealkylation sites (N-methyl/N-ethyl adjacent to an activating group) is 1. The van der Waals surface area contributed by atoms with Gasteiger partial charge in [-0.1, -0.05) is 0 Å². The van der Waals surface area contributed by atoms with E-state index in [1.54, 1.807) is 0 Å². The van der Waals surface area contributed by atoms with Crippen LogP contribution in [0.2, 0.25) is 0 Å². The van der Waals surface area contributed by atoms with E-state index in [9.17, 15) is 4.79 Å². The summed E-state index contributed by atoms with van der Waals surface area (Å²) in [6, 6.07) is 0.922. The van der Waals surface area contributed by atoms with E-state index in [1.165, 1.54) is 12.8 Å². The minimum atomic E-state index is -0.350. The zero-order valence-electron chi connectivity index (χ0n) is 14.0. The van der Waals surface area contributed by atoms with E-state index in [4.69, 9.17) is 9.47 Å². The minimum absolute atomic E-state index is 0.167. The Balaban J connectivity index is 1.53. The summed E-state index contributed by atoms with van der Waals surface area (Å²) in [7, 11) is 2.19. The number of ether oxygens (including phenoxy) is 2. The molecule has 5 nitrogen and oxygen atoms in total. The number of nitrogens with zero attached hydrogens (tertiary/aromatic N) is 2. The van der Waals surface area contributed by atoms with Gasteiger partial charge in [0.1, 0.15) is 6.10 Å². The summed E-state index contributed by atoms with van der Waals surface area (Å²) >= 11 is 0. The van der Waals surface area contributed by atoms with Crippen molar-refractivity contribution in [3.05, 3.63) is 0 Å². The molecule has 3 aliphatic heterocycles. The van der Waals surface area contributed by atoms with Crippen molar-refractivity contribution in [1.82, 2.24) is 9.80 Å². The number of hydrogen-bond donors (Lipinski definition) is 0. The smallest absolute Gasteiger partial charge is 0.251 e. The van der Waals surface area contributed by atoms with Gasteiger partial charge in [0, 0.05) is 25.2 Å². The van der Waals surface area contributed by atoms with Crippen LogP contribution in [0.25, 0.3) is 0 Å². The Morgan fingerprint density at radius 3 is 2.64 bits per heavy atom. The lowest BCUT2D eigenvalue weighted by molar-refractivity contribution is -0.146. The molecule has 0 spiro atoms. The van der Waals surface area contributed by atoms with Gasteiger partial charge in [0.15, 0.2) is 0 Å². The van der Waals surface area contributed by atoms with Crippen LogP contribution in [-0.4, -0.2) is 73.3 Å². The van der Waals surface area contributed by atoms with E-state index in [-0.39, 0.29) is 18.1 Å². The molecule has 0 N–H and O–H groups in total. The van der Waals surface area contributed by atoms with Crippen LogP contribution in [0.15, 0.2) is 0 Å². The van der Waals surface area contributed by atoms with Crippen LogP contribution in [0.1, 0.15) is 45.4 Å². The molecule has 0 unspecified atom stereocenters. The highest BCUT2D eigenvalue weighted by Gasteiger charge is 2.39. The van der Waals surface area contributed by atoms with Crippen molar-refractivity contribution in [3.8, 4) is 0 Å². The van der Waals surface area contributed by atoms with Gasteiger partial charge in [0.25, 0.3) is 5.91 Å². The van der Waals surface area contributed by atoms with Crippen molar-refractivity contribution in [1.29, 1.82) is 0 Å². The molecule has 3 heterocycles. The zero-order valence-corrected chi connectivity index (χ0v) is 14.0. The van der Waals surface area contributed by atoms with E-state index in [0.29, 0.717) is 18.7 Å². The molecule has 0 aromatic rings. The molecule has 4 atom stereocenters. The lowest BCUT2D eigenvalue weighted by atomic mass is 10.0. The van der Waals surface area contributed by atoms with Gasteiger partial charge in [-0.3, -0.25) is 4.79 Å². The quantitative estimate of drug-likeness (QED) is 0.774. The average molecular weight is 310 g/mol. The molecular weight excluding hydrogens is 280 g/mol. The molecule has 0 aromatic carbocycles. The van der Waals surface area contributed by atoms with Gasteiger partial charge in [0.2, 0.25) is 0 Å². The fourth-order valence-electron chi connectivity index (χ4n) is 4.22. The summed E-state index contributed by atoms with van der Waals surface area (Å²) in [4.78, 5) is 17.3. The molecule has 0 radical (unpaired) electrons. The van der Waals surface area contributed by atoms with Gasteiger partial charge in [-0.25, -0.2) is 0 Å². The molecule has 3 rings (SSSR count). The highest BCUT2D eigenvalue weighted by Crippen LogP contribution is 2.29. The maximum Gasteiger partial charge on any atom is 0.251 e. The summed E-state index contributed by atoms with van der Waals surface area (Å²) in [6.07, 6.45) is 6.74. The average Bonchev–Trinajstić information content (AvgIpc) is 3.24. The number of carbonyl (C=O) groups is 1. The zero-order chi connectivity index (χ0) is 15.5. The molecule has 0 aliphatic carbocycles. The molecule has 0 aromatic heterocycles. The van der Waals surface area contributed by atoms with Crippen LogP contribution in [0, 0.1) is 0 Å². The molecule has 22 heavy (non-hydrogen) atoms. The maximum atomic E-state index is 12.8. The van der Waals surface area contributed by atoms with Crippen molar-refractivity contribution >= 4 is 5.91 Å². The predicted molar refractivity (Wildman–Crippen MR) is 84.8 cm³/mol. The van der Waals surface area contributed by atoms with Crippen molar-refractivity contribution in [2.24, 2.45) is 0 Å². The van der Waals surface area contributed by atoms with Crippen molar-refractivity contribution in [3.63, 3.8) is 0 Å². The Morgan fingerprint density at radius 1 is 1.18 bits per heavy atom. The van der Waals surface area contributed by atoms with Crippen LogP contribution >= 0.6 is 0 Å². The fraction of sp³-hybridized carbons (Fsp3) is 0.941. The first-order valence-electron chi connectivity index (χ1n) is 8.90. The van der Waals surface area contributed by atoms with Gasteiger partial charge >= 0.3 is 0 Å². The maximum absolute atomic E-state index is 12.8. The van der Waals surface area contributed by atoms with E-state index < -0.39 is 0 Å². The molecule has 3 fully saturated rings. The summed E-state index contributed by atoms with van der Waals surface area (Å²) in [5, 5.41) is 0. The second-order valence-electron chi connectivity index (χ2n) is 7.04. The standard InChI is InChI=1S/C17H30N2O3/c1-13(22-12-14-6-5-11-21-14)17(20)19-10-4-8-16(19)15-7-3-9-18(15)2/h13-16H,3-12H2,1-2H3/t13-,14-,15-,16-/m0/s1. The molecular formula is C17H30N2O3. The number of amides is 1. The van der Waals surface area contributed by atoms with E-state index in [2.05, 4.69) is 16.8 Å². The van der Waals surface area contributed by atoms with E-state index in [1.807, 2.05) is 6.92 Å². The molecule has 3 aliphatic rings. The van der Waals surface area contributed by atoms with Crippen LogP contribution in [0.5, 0.6) is 0 Å². The molecule has 126 valence electrons. The normalized spacial score (nSPS) is 34.5. The first-order chi connectivity index (χ1) is 10.7. The van der Waals surface area contributed by atoms with Crippen LogP contribution in [-0.2, 0) is 14.3 Å². The summed E-state index contributed by atoms with van der Waals surface area (Å²) in [6.45, 7) is 5.33. The topological polar surface area (TPSA) is 42.0 Å². The Bertz CT molecular complexity index is 384. The summed E-state index contributed by atoms with van der Waals surface area (Å²) in [5.74, 6) is 0.167. The van der Waals surface area contributed by atoms with Gasteiger partial charge in [-0.2, -0.15) is 0 Å². The Morgan fingerprint density at radius 2 is 1.95 bits per heavy atom. The molecule has 0 saturated carbocycles. The van der Waals surface area contributed by atoms with Gasteiger partial charge < -0.3 is 19.3 Å². The summed E-state index contributed by atoms with van der Waals surface area (Å²) in [5.41, 5.74) is 0. The minimum Gasteiger partial charge on any atom is -0.376 e. The predicted octanol–water partition coefficient (Wildman–Crippen LogP) is 1.66. The Kier molecular flexibility index (Phi) is 5.37. The Hall–Kier alpha value is -0.650. The van der Waals surface area contributed by atoms with Crippen molar-refractivity contribution in [2.45, 2.75) is 69.7 Å². The molecule has 5 heteroatoms. The number of likely N-dealkylation sites (tertiary alicyclic amines) is 2. The van der Waals surface area contributed by atoms with Crippen LogP contribution in [0.3, 0.4) is 0 Å². The van der Waals surface area contributed by atoms with Crippen molar-refractivity contribution in [2.75, 3.05) is 33.4 Å². The third-order valence-electron chi connectivity index (χ3n) is 5.51. The highest BCUT2D eigenvalue weighted by atomic mass is 16.5. The van der Waals surface area contributed by atoms with Crippen molar-refractivity contribution < 1.29 is 14.3 Å². The summed E-state index contributed by atoms with van der Waals surface area (Å²) < 4.78 is 11.4. The van der Waals surface area contributed by atoms with Crippen LogP contribution in [0.4, 0.5) is 0 Å². The monoisotopic (exact) mass is 310 g/mol. The Labute approximate surface area is 133 Å². The lowest BCUT2D eigenvalue weighted by Gasteiger charge is -2.34. The van der Waals surface area contributed by atoms with E-state index in [0.717, 1.165) is 45.4 Å². The fourth-order valence-corrected chi connectivity index (χ4v) is 4.22.